The SMILES string of the molecule is F[B-](F)(F)c1cccc2c1OC(F)(F)C(F)(F)O2. The Labute approximate surface area is 95.3 Å². The van der Waals surface area contributed by atoms with Gasteiger partial charge >= 0.3 is 19.2 Å². The van der Waals surface area contributed by atoms with Gasteiger partial charge < -0.3 is 22.4 Å². The van der Waals surface area contributed by atoms with Gasteiger partial charge in [-0.15, -0.1) is 0 Å². The molecule has 0 N–H and O–H groups in total. The molecule has 1 heterocycles. The average molecular weight is 275 g/mol. The van der Waals surface area contributed by atoms with Crippen LogP contribution in [0.15, 0.2) is 18.2 Å². The third-order valence-electron chi connectivity index (χ3n) is 2.17. The van der Waals surface area contributed by atoms with Gasteiger partial charge in [0.2, 0.25) is 0 Å². The summed E-state index contributed by atoms with van der Waals surface area (Å²) in [6, 6.07) is 1.89. The first-order valence-corrected chi connectivity index (χ1v) is 4.51. The van der Waals surface area contributed by atoms with Crippen LogP contribution in [0.25, 0.3) is 0 Å². The Kier molecular flexibility index (Phi) is 2.46. The first kappa shape index (κ1) is 12.8. The number of hydrogen-bond donors (Lipinski definition) is 0. The second-order valence-corrected chi connectivity index (χ2v) is 3.49. The van der Waals surface area contributed by atoms with Gasteiger partial charge in [0.05, 0.1) is 0 Å². The van der Waals surface area contributed by atoms with Crippen LogP contribution in [0.3, 0.4) is 0 Å². The van der Waals surface area contributed by atoms with E-state index in [1.807, 2.05) is 0 Å². The van der Waals surface area contributed by atoms with Gasteiger partial charge in [0.25, 0.3) is 0 Å². The van der Waals surface area contributed by atoms with Crippen LogP contribution >= 0.6 is 0 Å². The molecule has 0 unspecified atom stereocenters. The van der Waals surface area contributed by atoms with E-state index >= 15 is 0 Å². The molecule has 1 aromatic rings. The third-order valence-corrected chi connectivity index (χ3v) is 2.17. The van der Waals surface area contributed by atoms with Crippen molar-refractivity contribution in [3.63, 3.8) is 0 Å². The molecule has 100 valence electrons. The second kappa shape index (κ2) is 3.45. The summed E-state index contributed by atoms with van der Waals surface area (Å²) in [6.07, 6.45) is -10.2. The van der Waals surface area contributed by atoms with Gasteiger partial charge in [0.1, 0.15) is 5.75 Å². The average Bonchev–Trinajstić information content (AvgIpc) is 2.16. The van der Waals surface area contributed by atoms with Gasteiger partial charge in [-0.2, -0.15) is 17.6 Å². The summed E-state index contributed by atoms with van der Waals surface area (Å²) < 4.78 is 95.6. The van der Waals surface area contributed by atoms with Crippen molar-refractivity contribution in [2.45, 2.75) is 12.2 Å². The summed E-state index contributed by atoms with van der Waals surface area (Å²) in [5.41, 5.74) is -1.55. The molecule has 0 radical (unpaired) electrons. The quantitative estimate of drug-likeness (QED) is 0.579. The second-order valence-electron chi connectivity index (χ2n) is 3.49. The van der Waals surface area contributed by atoms with Gasteiger partial charge in [0.15, 0.2) is 5.75 Å². The number of fused-ring (bicyclic) bond motifs is 1. The number of alkyl halides is 4. The Morgan fingerprint density at radius 2 is 1.44 bits per heavy atom. The minimum absolute atomic E-state index is 0.446. The van der Waals surface area contributed by atoms with Gasteiger partial charge in [0, 0.05) is 0 Å². The van der Waals surface area contributed by atoms with Gasteiger partial charge in [-0.3, -0.25) is 0 Å². The largest absolute Gasteiger partial charge is 0.513 e. The summed E-state index contributed by atoms with van der Waals surface area (Å²) in [5, 5.41) is 0. The normalized spacial score (nSPS) is 20.6. The predicted octanol–water partition coefficient (Wildman–Crippen LogP) is 2.70. The molecular formula is C8H3BF7O2-. The highest BCUT2D eigenvalue weighted by Crippen LogP contribution is 2.46. The molecule has 0 bridgehead atoms. The fourth-order valence-electron chi connectivity index (χ4n) is 1.37. The number of benzene rings is 1. The lowest BCUT2D eigenvalue weighted by atomic mass is 9.79. The highest BCUT2D eigenvalue weighted by molar-refractivity contribution is 6.74. The van der Waals surface area contributed by atoms with E-state index in [1.165, 1.54) is 0 Å². The Balaban J connectivity index is 2.58. The summed E-state index contributed by atoms with van der Waals surface area (Å²) in [6.45, 7) is -5.69. The third kappa shape index (κ3) is 1.85. The van der Waals surface area contributed by atoms with E-state index in [-0.39, 0.29) is 0 Å². The molecule has 0 saturated heterocycles. The molecule has 1 aliphatic rings. The molecule has 2 rings (SSSR count). The number of halogens is 7. The fraction of sp³-hybridized carbons (Fsp3) is 0.250. The molecule has 18 heavy (non-hydrogen) atoms. The molecule has 0 spiro atoms. The lowest BCUT2D eigenvalue weighted by Gasteiger charge is -2.34. The molecule has 0 atom stereocenters. The minimum Gasteiger partial charge on any atom is -0.445 e. The molecule has 2 nitrogen and oxygen atoms in total. The van der Waals surface area contributed by atoms with Gasteiger partial charge in [-0.1, -0.05) is 17.6 Å². The summed E-state index contributed by atoms with van der Waals surface area (Å²) in [5.74, 6) is -2.51. The molecule has 1 aliphatic heterocycles. The molecule has 0 fully saturated rings. The van der Waals surface area contributed by atoms with E-state index in [9.17, 15) is 30.5 Å². The van der Waals surface area contributed by atoms with Gasteiger partial charge in [-0.05, 0) is 6.07 Å². The van der Waals surface area contributed by atoms with Crippen LogP contribution in [-0.4, -0.2) is 19.2 Å². The van der Waals surface area contributed by atoms with Crippen molar-refractivity contribution in [2.24, 2.45) is 0 Å². The molecule has 0 aromatic heterocycles. The number of hydrogen-bond acceptors (Lipinski definition) is 2. The number of ether oxygens (including phenoxy) is 2. The van der Waals surface area contributed by atoms with E-state index in [4.69, 9.17) is 0 Å². The van der Waals surface area contributed by atoms with Crippen molar-refractivity contribution in [3.8, 4) is 11.5 Å². The van der Waals surface area contributed by atoms with Crippen molar-refractivity contribution in [3.05, 3.63) is 18.2 Å². The van der Waals surface area contributed by atoms with Crippen LogP contribution in [0, 0.1) is 0 Å². The molecule has 0 aliphatic carbocycles. The zero-order chi connectivity index (χ0) is 13.8. The Morgan fingerprint density at radius 1 is 0.889 bits per heavy atom. The lowest BCUT2D eigenvalue weighted by molar-refractivity contribution is -0.391. The Bertz CT molecular complexity index is 485. The van der Waals surface area contributed by atoms with E-state index < -0.39 is 36.2 Å². The zero-order valence-electron chi connectivity index (χ0n) is 8.27. The maximum atomic E-state index is 12.8. The van der Waals surface area contributed by atoms with Crippen molar-refractivity contribution in [1.82, 2.24) is 0 Å². The van der Waals surface area contributed by atoms with Crippen molar-refractivity contribution in [1.29, 1.82) is 0 Å². The van der Waals surface area contributed by atoms with E-state index in [1.54, 1.807) is 0 Å². The maximum Gasteiger partial charge on any atom is 0.513 e. The van der Waals surface area contributed by atoms with Crippen LogP contribution in [-0.2, 0) is 0 Å². The van der Waals surface area contributed by atoms with Crippen molar-refractivity contribution < 1.29 is 40.0 Å². The molecule has 1 aromatic carbocycles. The molecule has 0 amide bonds. The summed E-state index contributed by atoms with van der Waals surface area (Å²) >= 11 is 0. The number of rotatable bonds is 1. The van der Waals surface area contributed by atoms with Crippen molar-refractivity contribution in [2.75, 3.05) is 0 Å². The predicted molar refractivity (Wildman–Crippen MR) is 46.3 cm³/mol. The van der Waals surface area contributed by atoms with Crippen molar-refractivity contribution >= 4 is 12.4 Å². The Morgan fingerprint density at radius 3 is 2.00 bits per heavy atom. The smallest absolute Gasteiger partial charge is 0.445 e. The molecule has 10 heteroatoms. The first-order valence-electron chi connectivity index (χ1n) is 4.51. The lowest BCUT2D eigenvalue weighted by Crippen LogP contribution is -2.54. The zero-order valence-corrected chi connectivity index (χ0v) is 8.27. The number of para-hydroxylation sites is 1. The monoisotopic (exact) mass is 275 g/mol. The summed E-state index contributed by atoms with van der Waals surface area (Å²) in [4.78, 5) is 0. The minimum atomic E-state index is -5.69. The first-order chi connectivity index (χ1) is 8.05. The van der Waals surface area contributed by atoms with E-state index in [2.05, 4.69) is 9.47 Å². The fourth-order valence-corrected chi connectivity index (χ4v) is 1.37. The molecule has 0 saturated carbocycles. The highest BCUT2D eigenvalue weighted by atomic mass is 19.4. The van der Waals surface area contributed by atoms with Crippen LogP contribution in [0.5, 0.6) is 11.5 Å². The van der Waals surface area contributed by atoms with Gasteiger partial charge in [-0.25, -0.2) is 0 Å². The summed E-state index contributed by atoms with van der Waals surface area (Å²) in [7, 11) is 0. The molecular weight excluding hydrogens is 272 g/mol. The van der Waals surface area contributed by atoms with E-state index in [0.717, 1.165) is 6.07 Å². The highest BCUT2D eigenvalue weighted by Gasteiger charge is 2.66. The van der Waals surface area contributed by atoms with Crippen LogP contribution in [0.1, 0.15) is 0 Å². The van der Waals surface area contributed by atoms with Crippen LogP contribution in [0.4, 0.5) is 30.5 Å². The topological polar surface area (TPSA) is 18.5 Å². The Hall–Kier alpha value is -1.61. The van der Waals surface area contributed by atoms with E-state index in [0.29, 0.717) is 12.1 Å². The van der Waals surface area contributed by atoms with Crippen LogP contribution in [0.2, 0.25) is 0 Å². The standard InChI is InChI=1S/C8H3BF7O2/c10-7(11)8(12,13)18-6-4(9(14,15)16)2-1-3-5(6)17-7/h1-3H/q-1. The maximum absolute atomic E-state index is 12.8. The van der Waals surface area contributed by atoms with Crippen LogP contribution < -0.4 is 14.9 Å².